The fourth-order valence-corrected chi connectivity index (χ4v) is 2.63. The molecule has 0 bridgehead atoms. The molecule has 1 atom stereocenters. The summed E-state index contributed by atoms with van der Waals surface area (Å²) in [7, 11) is 0. The topological polar surface area (TPSA) is 74.5 Å². The minimum absolute atomic E-state index is 0.279. The van der Waals surface area contributed by atoms with Gasteiger partial charge in [-0.15, -0.1) is 11.3 Å². The second-order valence-corrected chi connectivity index (χ2v) is 4.98. The van der Waals surface area contributed by atoms with Crippen LogP contribution >= 0.6 is 11.3 Å². The van der Waals surface area contributed by atoms with E-state index in [1.54, 1.807) is 24.3 Å². The molecule has 0 saturated heterocycles. The molecule has 0 radical (unpaired) electrons. The van der Waals surface area contributed by atoms with Gasteiger partial charge >= 0.3 is 0 Å². The van der Waals surface area contributed by atoms with Gasteiger partial charge < -0.3 is 10.1 Å². The predicted molar refractivity (Wildman–Crippen MR) is 76.1 cm³/mol. The number of thiophene rings is 1. The van der Waals surface area contributed by atoms with Crippen LogP contribution in [0.1, 0.15) is 17.2 Å². The zero-order valence-corrected chi connectivity index (χ0v) is 11.1. The number of aliphatic imine (C=N–C) groups is 1. The molecule has 6 heteroatoms. The summed E-state index contributed by atoms with van der Waals surface area (Å²) in [6.45, 7) is 0. The highest BCUT2D eigenvalue weighted by atomic mass is 32.1. The summed E-state index contributed by atoms with van der Waals surface area (Å²) in [5, 5.41) is 14.4. The monoisotopic (exact) mass is 283 g/mol. The van der Waals surface area contributed by atoms with Crippen molar-refractivity contribution in [1.29, 1.82) is 5.26 Å². The quantitative estimate of drug-likeness (QED) is 0.860. The van der Waals surface area contributed by atoms with Gasteiger partial charge in [-0.05, 0) is 35.7 Å². The van der Waals surface area contributed by atoms with Crippen molar-refractivity contribution in [1.82, 2.24) is 0 Å². The van der Waals surface area contributed by atoms with Crippen molar-refractivity contribution in [3.63, 3.8) is 0 Å². The van der Waals surface area contributed by atoms with E-state index in [0.29, 0.717) is 5.56 Å². The summed E-state index contributed by atoms with van der Waals surface area (Å²) in [5.74, 6) is 0. The van der Waals surface area contributed by atoms with E-state index < -0.39 is 6.10 Å². The molecule has 5 nitrogen and oxygen atoms in total. The zero-order chi connectivity index (χ0) is 13.9. The average molecular weight is 283 g/mol. The van der Waals surface area contributed by atoms with Gasteiger partial charge in [0.1, 0.15) is 5.00 Å². The Morgan fingerprint density at radius 1 is 1.35 bits per heavy atom. The van der Waals surface area contributed by atoms with E-state index in [1.807, 2.05) is 17.5 Å². The van der Waals surface area contributed by atoms with Crippen molar-refractivity contribution < 1.29 is 9.53 Å². The van der Waals surface area contributed by atoms with E-state index in [4.69, 9.17) is 10.00 Å². The Morgan fingerprint density at radius 2 is 2.15 bits per heavy atom. The molecule has 1 aliphatic rings. The Balaban J connectivity index is 1.85. The SMILES string of the molecule is N#Cc1ccc(NC2=Nc3sccc3C(C=O)O2)cc1. The Bertz CT molecular complexity index is 713. The highest BCUT2D eigenvalue weighted by molar-refractivity contribution is 7.14. The van der Waals surface area contributed by atoms with Gasteiger partial charge in [0.2, 0.25) is 0 Å². The normalized spacial score (nSPS) is 16.4. The fraction of sp³-hybridized carbons (Fsp3) is 0.0714. The molecule has 0 aliphatic carbocycles. The highest BCUT2D eigenvalue weighted by Crippen LogP contribution is 2.36. The third kappa shape index (κ3) is 2.27. The first-order valence-electron chi connectivity index (χ1n) is 5.85. The van der Waals surface area contributed by atoms with E-state index in [-0.39, 0.29) is 6.02 Å². The van der Waals surface area contributed by atoms with Crippen LogP contribution in [0.4, 0.5) is 10.7 Å². The Kier molecular flexibility index (Phi) is 3.19. The van der Waals surface area contributed by atoms with Crippen molar-refractivity contribution >= 4 is 34.3 Å². The second-order valence-electron chi connectivity index (χ2n) is 4.09. The van der Waals surface area contributed by atoms with E-state index in [1.165, 1.54) is 11.3 Å². The van der Waals surface area contributed by atoms with Crippen LogP contribution < -0.4 is 5.32 Å². The van der Waals surface area contributed by atoms with Crippen molar-refractivity contribution in [3.8, 4) is 6.07 Å². The van der Waals surface area contributed by atoms with Gasteiger partial charge in [0.25, 0.3) is 6.02 Å². The molecule has 1 aromatic heterocycles. The number of nitriles is 1. The molecule has 2 aromatic rings. The maximum atomic E-state index is 11.1. The van der Waals surface area contributed by atoms with Gasteiger partial charge in [0.05, 0.1) is 11.6 Å². The first-order chi connectivity index (χ1) is 9.80. The lowest BCUT2D eigenvalue weighted by molar-refractivity contribution is -0.114. The van der Waals surface area contributed by atoms with Crippen molar-refractivity contribution in [2.75, 3.05) is 5.32 Å². The van der Waals surface area contributed by atoms with Gasteiger partial charge in [0, 0.05) is 11.3 Å². The van der Waals surface area contributed by atoms with Crippen LogP contribution in [0.5, 0.6) is 0 Å². The maximum absolute atomic E-state index is 11.1. The molecule has 20 heavy (non-hydrogen) atoms. The van der Waals surface area contributed by atoms with Crippen LogP contribution in [0.3, 0.4) is 0 Å². The number of benzene rings is 1. The first kappa shape index (κ1) is 12.4. The highest BCUT2D eigenvalue weighted by Gasteiger charge is 2.24. The van der Waals surface area contributed by atoms with Crippen LogP contribution in [0.25, 0.3) is 0 Å². The third-order valence-corrected chi connectivity index (χ3v) is 3.63. The lowest BCUT2D eigenvalue weighted by atomic mass is 10.2. The summed E-state index contributed by atoms with van der Waals surface area (Å²) >= 11 is 1.46. The molecule has 3 rings (SSSR count). The lowest BCUT2D eigenvalue weighted by Gasteiger charge is -2.20. The van der Waals surface area contributed by atoms with Crippen LogP contribution in [-0.2, 0) is 9.53 Å². The Morgan fingerprint density at radius 3 is 2.85 bits per heavy atom. The van der Waals surface area contributed by atoms with Gasteiger partial charge in [-0.2, -0.15) is 10.3 Å². The van der Waals surface area contributed by atoms with E-state index in [0.717, 1.165) is 22.5 Å². The minimum Gasteiger partial charge on any atom is -0.449 e. The molecule has 0 saturated carbocycles. The zero-order valence-electron chi connectivity index (χ0n) is 10.2. The van der Waals surface area contributed by atoms with Crippen molar-refractivity contribution in [3.05, 3.63) is 46.8 Å². The van der Waals surface area contributed by atoms with E-state index in [2.05, 4.69) is 10.3 Å². The largest absolute Gasteiger partial charge is 0.449 e. The van der Waals surface area contributed by atoms with Crippen LogP contribution in [0, 0.1) is 11.3 Å². The summed E-state index contributed by atoms with van der Waals surface area (Å²) < 4.78 is 5.49. The standard InChI is InChI=1S/C14H9N3O2S/c15-7-9-1-3-10(4-2-9)16-14-17-13-11(5-6-20-13)12(8-18)19-14/h1-6,8,12H,(H,16,17). The third-order valence-electron chi connectivity index (χ3n) is 2.81. The van der Waals surface area contributed by atoms with Gasteiger partial charge in [-0.3, -0.25) is 4.79 Å². The number of carbonyl (C=O) groups excluding carboxylic acids is 1. The van der Waals surface area contributed by atoms with Crippen molar-refractivity contribution in [2.45, 2.75) is 6.10 Å². The number of hydrogen-bond donors (Lipinski definition) is 1. The number of amidine groups is 1. The number of fused-ring (bicyclic) bond motifs is 1. The van der Waals surface area contributed by atoms with Gasteiger partial charge in [0.15, 0.2) is 12.4 Å². The number of nitrogens with zero attached hydrogens (tertiary/aromatic N) is 2. The molecule has 98 valence electrons. The number of ether oxygens (including phenoxy) is 1. The van der Waals surface area contributed by atoms with Crippen molar-refractivity contribution in [2.24, 2.45) is 4.99 Å². The molecule has 0 fully saturated rings. The molecule has 1 unspecified atom stereocenters. The minimum atomic E-state index is -0.630. The first-order valence-corrected chi connectivity index (χ1v) is 6.73. The number of aldehydes is 1. The molecule has 1 N–H and O–H groups in total. The summed E-state index contributed by atoms with van der Waals surface area (Å²) in [6, 6.07) is 11.1. The molecular formula is C14H9N3O2S. The van der Waals surface area contributed by atoms with Gasteiger partial charge in [-0.1, -0.05) is 0 Å². The number of carbonyl (C=O) groups is 1. The number of rotatable bonds is 2. The molecular weight excluding hydrogens is 274 g/mol. The summed E-state index contributed by atoms with van der Waals surface area (Å²) in [5.41, 5.74) is 2.11. The smallest absolute Gasteiger partial charge is 0.296 e. The average Bonchev–Trinajstić information content (AvgIpc) is 2.95. The van der Waals surface area contributed by atoms with Crippen LogP contribution in [-0.4, -0.2) is 12.3 Å². The van der Waals surface area contributed by atoms with Gasteiger partial charge in [-0.25, -0.2) is 0 Å². The number of anilines is 1. The Labute approximate surface area is 119 Å². The van der Waals surface area contributed by atoms with E-state index in [9.17, 15) is 4.79 Å². The van der Waals surface area contributed by atoms with Crippen LogP contribution in [0.15, 0.2) is 40.7 Å². The molecule has 0 amide bonds. The number of nitrogens with one attached hydrogen (secondary N) is 1. The molecule has 2 heterocycles. The maximum Gasteiger partial charge on any atom is 0.296 e. The Hall–Kier alpha value is -2.65. The lowest BCUT2D eigenvalue weighted by Crippen LogP contribution is -2.22. The molecule has 0 spiro atoms. The predicted octanol–water partition coefficient (Wildman–Crippen LogP) is 2.99. The fourth-order valence-electron chi connectivity index (χ4n) is 1.83. The second kappa shape index (κ2) is 5.15. The van der Waals surface area contributed by atoms with E-state index >= 15 is 0 Å². The summed E-state index contributed by atoms with van der Waals surface area (Å²) in [4.78, 5) is 15.4. The molecule has 1 aliphatic heterocycles. The summed E-state index contributed by atoms with van der Waals surface area (Å²) in [6.07, 6.45) is 0.121. The molecule has 1 aromatic carbocycles. The van der Waals surface area contributed by atoms with Crippen LogP contribution in [0.2, 0.25) is 0 Å². The number of hydrogen-bond acceptors (Lipinski definition) is 6.